The van der Waals surface area contributed by atoms with Crippen molar-refractivity contribution in [2.24, 2.45) is 7.05 Å². The molecule has 0 N–H and O–H groups in total. The molecule has 0 bridgehead atoms. The van der Waals surface area contributed by atoms with Crippen LogP contribution in [0, 0.1) is 13.8 Å². The fraction of sp³-hybridized carbons (Fsp3) is 0.308. The van der Waals surface area contributed by atoms with Gasteiger partial charge in [-0.3, -0.25) is 0 Å². The van der Waals surface area contributed by atoms with Crippen LogP contribution in [0.4, 0.5) is 0 Å². The Morgan fingerprint density at radius 3 is 2.47 bits per heavy atom. The fourth-order valence-corrected chi connectivity index (χ4v) is 2.33. The van der Waals surface area contributed by atoms with Gasteiger partial charge in [-0.15, -0.1) is 0 Å². The number of rotatable bonds is 3. The molecule has 4 heteroatoms. The second kappa shape index (κ2) is 4.92. The lowest BCUT2D eigenvalue weighted by Gasteiger charge is -2.07. The maximum atomic E-state index is 5.88. The van der Waals surface area contributed by atoms with Crippen LogP contribution in [0.1, 0.15) is 16.8 Å². The molecule has 0 aliphatic rings. The summed E-state index contributed by atoms with van der Waals surface area (Å²) in [7, 11) is 1.89. The van der Waals surface area contributed by atoms with E-state index < -0.39 is 0 Å². The Morgan fingerprint density at radius 1 is 1.24 bits per heavy atom. The first-order chi connectivity index (χ1) is 8.11. The fourth-order valence-electron chi connectivity index (χ4n) is 1.68. The zero-order chi connectivity index (χ0) is 12.4. The van der Waals surface area contributed by atoms with Crippen molar-refractivity contribution in [1.29, 1.82) is 0 Å². The van der Waals surface area contributed by atoms with Crippen molar-refractivity contribution in [3.8, 4) is 11.6 Å². The third-order valence-electron chi connectivity index (χ3n) is 2.66. The first-order valence-electron chi connectivity index (χ1n) is 5.44. The standard InChI is InChI=1S/C13H15BrN2O/c1-9-4-6-11(7-5-9)17-13-12(8-14)10(2)15-16(13)3/h4-7H,8H2,1-3H3. The van der Waals surface area contributed by atoms with Gasteiger partial charge in [0.15, 0.2) is 0 Å². The summed E-state index contributed by atoms with van der Waals surface area (Å²) in [4.78, 5) is 0. The lowest BCUT2D eigenvalue weighted by atomic mass is 10.2. The van der Waals surface area contributed by atoms with E-state index in [1.165, 1.54) is 5.56 Å². The van der Waals surface area contributed by atoms with Crippen molar-refractivity contribution < 1.29 is 4.74 Å². The third-order valence-corrected chi connectivity index (χ3v) is 3.22. The summed E-state index contributed by atoms with van der Waals surface area (Å²) >= 11 is 3.46. The van der Waals surface area contributed by atoms with Crippen molar-refractivity contribution >= 4 is 15.9 Å². The Balaban J connectivity index is 2.32. The Morgan fingerprint density at radius 2 is 1.88 bits per heavy atom. The topological polar surface area (TPSA) is 27.1 Å². The highest BCUT2D eigenvalue weighted by molar-refractivity contribution is 9.08. The Labute approximate surface area is 110 Å². The predicted molar refractivity (Wildman–Crippen MR) is 71.8 cm³/mol. The molecule has 0 aliphatic carbocycles. The molecular formula is C13H15BrN2O. The van der Waals surface area contributed by atoms with Crippen LogP contribution in [0.2, 0.25) is 0 Å². The average Bonchev–Trinajstić information content (AvgIpc) is 2.57. The number of halogens is 1. The first-order valence-corrected chi connectivity index (χ1v) is 6.57. The second-order valence-electron chi connectivity index (χ2n) is 4.04. The number of hydrogen-bond donors (Lipinski definition) is 0. The number of aryl methyl sites for hydroxylation is 3. The summed E-state index contributed by atoms with van der Waals surface area (Å²) < 4.78 is 7.65. The van der Waals surface area contributed by atoms with E-state index in [-0.39, 0.29) is 0 Å². The molecule has 2 rings (SSSR count). The van der Waals surface area contributed by atoms with E-state index in [0.29, 0.717) is 0 Å². The van der Waals surface area contributed by atoms with Crippen molar-refractivity contribution in [1.82, 2.24) is 9.78 Å². The van der Waals surface area contributed by atoms with Gasteiger partial charge in [0, 0.05) is 17.9 Å². The zero-order valence-electron chi connectivity index (χ0n) is 10.2. The number of alkyl halides is 1. The van der Waals surface area contributed by atoms with E-state index in [1.54, 1.807) is 4.68 Å². The minimum atomic E-state index is 0.744. The van der Waals surface area contributed by atoms with Crippen LogP contribution in [0.5, 0.6) is 11.6 Å². The summed E-state index contributed by atoms with van der Waals surface area (Å²) in [5, 5.41) is 5.10. The normalized spacial score (nSPS) is 10.6. The van der Waals surface area contributed by atoms with Gasteiger partial charge in [-0.05, 0) is 26.0 Å². The van der Waals surface area contributed by atoms with E-state index >= 15 is 0 Å². The van der Waals surface area contributed by atoms with Gasteiger partial charge in [0.2, 0.25) is 5.88 Å². The molecule has 17 heavy (non-hydrogen) atoms. The lowest BCUT2D eigenvalue weighted by molar-refractivity contribution is 0.427. The van der Waals surface area contributed by atoms with Gasteiger partial charge in [0.1, 0.15) is 5.75 Å². The van der Waals surface area contributed by atoms with Gasteiger partial charge >= 0.3 is 0 Å². The number of benzene rings is 1. The molecule has 3 nitrogen and oxygen atoms in total. The molecule has 0 radical (unpaired) electrons. The molecular weight excluding hydrogens is 280 g/mol. The Hall–Kier alpha value is -1.29. The second-order valence-corrected chi connectivity index (χ2v) is 4.60. The van der Waals surface area contributed by atoms with Crippen LogP contribution in [0.25, 0.3) is 0 Å². The van der Waals surface area contributed by atoms with Gasteiger partial charge in [-0.2, -0.15) is 5.10 Å². The quantitative estimate of drug-likeness (QED) is 0.807. The van der Waals surface area contributed by atoms with E-state index in [4.69, 9.17) is 4.74 Å². The molecule has 1 aromatic heterocycles. The molecule has 0 fully saturated rings. The lowest BCUT2D eigenvalue weighted by Crippen LogP contribution is -1.96. The van der Waals surface area contributed by atoms with Crippen molar-refractivity contribution in [2.45, 2.75) is 19.2 Å². The van der Waals surface area contributed by atoms with Crippen LogP contribution >= 0.6 is 15.9 Å². The summed E-state index contributed by atoms with van der Waals surface area (Å²) in [6.07, 6.45) is 0. The summed E-state index contributed by atoms with van der Waals surface area (Å²) in [5.74, 6) is 1.63. The monoisotopic (exact) mass is 294 g/mol. The van der Waals surface area contributed by atoms with Crippen LogP contribution in [-0.2, 0) is 12.4 Å². The van der Waals surface area contributed by atoms with Crippen molar-refractivity contribution in [2.75, 3.05) is 0 Å². The number of aromatic nitrogens is 2. The molecule has 2 aromatic rings. The van der Waals surface area contributed by atoms with E-state index in [0.717, 1.165) is 28.2 Å². The van der Waals surface area contributed by atoms with Crippen molar-refractivity contribution in [3.05, 3.63) is 41.1 Å². The summed E-state index contributed by atoms with van der Waals surface area (Å²) in [5.41, 5.74) is 3.30. The Bertz CT molecular complexity index is 517. The molecule has 0 spiro atoms. The van der Waals surface area contributed by atoms with Crippen LogP contribution in [-0.4, -0.2) is 9.78 Å². The molecule has 0 amide bonds. The number of ether oxygens (including phenoxy) is 1. The van der Waals surface area contributed by atoms with Crippen molar-refractivity contribution in [3.63, 3.8) is 0 Å². The smallest absolute Gasteiger partial charge is 0.221 e. The van der Waals surface area contributed by atoms with Crippen LogP contribution in [0.15, 0.2) is 24.3 Å². The SMILES string of the molecule is Cc1ccc(Oc2c(CBr)c(C)nn2C)cc1. The highest BCUT2D eigenvalue weighted by atomic mass is 79.9. The zero-order valence-corrected chi connectivity index (χ0v) is 11.8. The molecule has 0 aliphatic heterocycles. The summed E-state index contributed by atoms with van der Waals surface area (Å²) in [6.45, 7) is 4.04. The van der Waals surface area contributed by atoms with Crippen LogP contribution in [0.3, 0.4) is 0 Å². The molecule has 90 valence electrons. The Kier molecular flexibility index (Phi) is 3.52. The highest BCUT2D eigenvalue weighted by Crippen LogP contribution is 2.28. The number of hydrogen-bond acceptors (Lipinski definition) is 2. The largest absolute Gasteiger partial charge is 0.439 e. The molecule has 1 heterocycles. The maximum absolute atomic E-state index is 5.88. The van der Waals surface area contributed by atoms with Gasteiger partial charge in [-0.25, -0.2) is 4.68 Å². The van der Waals surface area contributed by atoms with Gasteiger partial charge in [0.05, 0.1) is 5.69 Å². The van der Waals surface area contributed by atoms with Gasteiger partial charge < -0.3 is 4.74 Å². The third kappa shape index (κ3) is 2.52. The maximum Gasteiger partial charge on any atom is 0.221 e. The first kappa shape index (κ1) is 12.2. The predicted octanol–water partition coefficient (Wildman–Crippen LogP) is 3.72. The van der Waals surface area contributed by atoms with E-state index in [1.807, 2.05) is 38.2 Å². The molecule has 0 saturated heterocycles. The number of nitrogens with zero attached hydrogens (tertiary/aromatic N) is 2. The summed E-state index contributed by atoms with van der Waals surface area (Å²) in [6, 6.07) is 8.00. The van der Waals surface area contributed by atoms with Gasteiger partial charge in [0.25, 0.3) is 0 Å². The minimum Gasteiger partial charge on any atom is -0.439 e. The average molecular weight is 295 g/mol. The molecule has 0 atom stereocenters. The molecule has 1 aromatic carbocycles. The molecule has 0 saturated carbocycles. The highest BCUT2D eigenvalue weighted by Gasteiger charge is 2.14. The minimum absolute atomic E-state index is 0.744. The van der Waals surface area contributed by atoms with E-state index in [2.05, 4.69) is 28.0 Å². The van der Waals surface area contributed by atoms with Gasteiger partial charge in [-0.1, -0.05) is 33.6 Å². The molecule has 0 unspecified atom stereocenters. The van der Waals surface area contributed by atoms with E-state index in [9.17, 15) is 0 Å². The van der Waals surface area contributed by atoms with Crippen LogP contribution < -0.4 is 4.74 Å².